The summed E-state index contributed by atoms with van der Waals surface area (Å²) < 4.78 is 14.7. The maximum atomic E-state index is 12.8. The van der Waals surface area contributed by atoms with Gasteiger partial charge in [-0.25, -0.2) is 4.39 Å². The molecule has 0 unspecified atom stereocenters. The summed E-state index contributed by atoms with van der Waals surface area (Å²) in [5, 5.41) is 8.67. The number of benzene rings is 1. The third kappa shape index (κ3) is 2.01. The second-order valence-electron chi connectivity index (χ2n) is 3.37. The van der Waals surface area contributed by atoms with Crippen LogP contribution >= 0.6 is 11.8 Å². The highest BCUT2D eigenvalue weighted by molar-refractivity contribution is 7.99. The molecular formula is C10H11FN4S. The summed E-state index contributed by atoms with van der Waals surface area (Å²) in [5.74, 6) is 0.485. The van der Waals surface area contributed by atoms with Crippen LogP contribution in [0.25, 0.3) is 0 Å². The number of nitrogens with two attached hydrogens (primary N) is 1. The van der Waals surface area contributed by atoms with Gasteiger partial charge < -0.3 is 10.3 Å². The van der Waals surface area contributed by atoms with Crippen molar-refractivity contribution >= 4 is 17.4 Å². The molecule has 0 aliphatic heterocycles. The molecule has 0 radical (unpaired) electrons. The Kier molecular flexibility index (Phi) is 2.82. The van der Waals surface area contributed by atoms with Gasteiger partial charge in [-0.05, 0) is 36.9 Å². The fraction of sp³-hybridized carbons (Fsp3) is 0.200. The van der Waals surface area contributed by atoms with Crippen molar-refractivity contribution in [3.63, 3.8) is 0 Å². The van der Waals surface area contributed by atoms with E-state index in [0.717, 1.165) is 15.9 Å². The molecule has 16 heavy (non-hydrogen) atoms. The van der Waals surface area contributed by atoms with Crippen LogP contribution in [0.2, 0.25) is 0 Å². The van der Waals surface area contributed by atoms with E-state index in [1.807, 2.05) is 18.5 Å². The lowest BCUT2D eigenvalue weighted by Crippen LogP contribution is -1.95. The fourth-order valence-corrected chi connectivity index (χ4v) is 2.05. The molecular weight excluding hydrogens is 227 g/mol. The number of halogens is 1. The van der Waals surface area contributed by atoms with Crippen molar-refractivity contribution in [3.05, 3.63) is 29.8 Å². The zero-order chi connectivity index (χ0) is 11.7. The lowest BCUT2D eigenvalue weighted by Gasteiger charge is -2.04. The monoisotopic (exact) mass is 238 g/mol. The molecule has 2 aromatic rings. The molecule has 6 heteroatoms. The normalized spacial score (nSPS) is 10.7. The second kappa shape index (κ2) is 4.13. The highest BCUT2D eigenvalue weighted by Gasteiger charge is 2.09. The van der Waals surface area contributed by atoms with Crippen molar-refractivity contribution in [2.45, 2.75) is 17.0 Å². The zero-order valence-electron chi connectivity index (χ0n) is 8.94. The van der Waals surface area contributed by atoms with Crippen LogP contribution in [0.3, 0.4) is 0 Å². The number of nitrogen functional groups attached to an aromatic ring is 1. The van der Waals surface area contributed by atoms with Crippen molar-refractivity contribution in [2.24, 2.45) is 7.05 Å². The molecule has 4 nitrogen and oxygen atoms in total. The van der Waals surface area contributed by atoms with Gasteiger partial charge in [-0.2, -0.15) is 0 Å². The van der Waals surface area contributed by atoms with Gasteiger partial charge >= 0.3 is 0 Å². The van der Waals surface area contributed by atoms with Crippen LogP contribution in [0.4, 0.5) is 10.1 Å². The van der Waals surface area contributed by atoms with Crippen LogP contribution in [-0.2, 0) is 7.05 Å². The van der Waals surface area contributed by atoms with Gasteiger partial charge in [-0.3, -0.25) is 0 Å². The minimum atomic E-state index is -0.337. The van der Waals surface area contributed by atoms with Crippen LogP contribution < -0.4 is 5.73 Å². The zero-order valence-corrected chi connectivity index (χ0v) is 9.75. The molecule has 2 rings (SSSR count). The lowest BCUT2D eigenvalue weighted by molar-refractivity contribution is 0.627. The third-order valence-electron chi connectivity index (χ3n) is 2.23. The maximum absolute atomic E-state index is 12.8. The van der Waals surface area contributed by atoms with Gasteiger partial charge in [0.15, 0.2) is 5.16 Å². The summed E-state index contributed by atoms with van der Waals surface area (Å²) >= 11 is 1.37. The largest absolute Gasteiger partial charge is 0.398 e. The highest BCUT2D eigenvalue weighted by Crippen LogP contribution is 2.30. The molecule has 1 aromatic heterocycles. The number of hydrogen-bond acceptors (Lipinski definition) is 4. The van der Waals surface area contributed by atoms with E-state index in [0.29, 0.717) is 5.69 Å². The van der Waals surface area contributed by atoms with Gasteiger partial charge in [0.25, 0.3) is 0 Å². The van der Waals surface area contributed by atoms with Crippen LogP contribution in [0.5, 0.6) is 0 Å². The van der Waals surface area contributed by atoms with E-state index >= 15 is 0 Å². The quantitative estimate of drug-likeness (QED) is 0.813. The Morgan fingerprint density at radius 2 is 2.12 bits per heavy atom. The predicted molar refractivity (Wildman–Crippen MR) is 60.7 cm³/mol. The molecule has 0 saturated carbocycles. The number of nitrogens with zero attached hydrogens (tertiary/aromatic N) is 3. The highest BCUT2D eigenvalue weighted by atomic mass is 32.2. The topological polar surface area (TPSA) is 56.7 Å². The van der Waals surface area contributed by atoms with Crippen molar-refractivity contribution in [1.29, 1.82) is 0 Å². The molecule has 0 spiro atoms. The molecule has 0 aliphatic rings. The van der Waals surface area contributed by atoms with Crippen LogP contribution in [-0.4, -0.2) is 14.8 Å². The number of aryl methyl sites for hydroxylation is 1. The number of hydrogen-bond donors (Lipinski definition) is 1. The van der Waals surface area contributed by atoms with Crippen LogP contribution in [0.1, 0.15) is 5.82 Å². The molecule has 1 aromatic carbocycles. The van der Waals surface area contributed by atoms with E-state index in [-0.39, 0.29) is 5.82 Å². The van der Waals surface area contributed by atoms with Crippen molar-refractivity contribution in [3.8, 4) is 0 Å². The van der Waals surface area contributed by atoms with Crippen molar-refractivity contribution in [1.82, 2.24) is 14.8 Å². The smallest absolute Gasteiger partial charge is 0.195 e. The maximum Gasteiger partial charge on any atom is 0.195 e. The van der Waals surface area contributed by atoms with E-state index in [9.17, 15) is 4.39 Å². The fourth-order valence-electron chi connectivity index (χ4n) is 1.19. The summed E-state index contributed by atoms with van der Waals surface area (Å²) in [5.41, 5.74) is 6.12. The van der Waals surface area contributed by atoms with Gasteiger partial charge in [0.05, 0.1) is 0 Å². The summed E-state index contributed by atoms with van der Waals surface area (Å²) in [6, 6.07) is 4.31. The average molecular weight is 238 g/mol. The molecule has 0 atom stereocenters. The number of aromatic nitrogens is 3. The first-order chi connectivity index (χ1) is 7.58. The first kappa shape index (κ1) is 10.9. The SMILES string of the molecule is Cc1nnc(Sc2ccc(F)cc2N)n1C. The Balaban J connectivity index is 2.30. The van der Waals surface area contributed by atoms with E-state index in [2.05, 4.69) is 10.2 Å². The Bertz CT molecular complexity index is 524. The first-order valence-electron chi connectivity index (χ1n) is 4.67. The molecule has 0 saturated heterocycles. The first-order valence-corrected chi connectivity index (χ1v) is 5.48. The minimum absolute atomic E-state index is 0.337. The van der Waals surface area contributed by atoms with Crippen molar-refractivity contribution < 1.29 is 4.39 Å². The van der Waals surface area contributed by atoms with Crippen molar-refractivity contribution in [2.75, 3.05) is 5.73 Å². The molecule has 0 bridgehead atoms. The summed E-state index contributed by atoms with van der Waals surface area (Å²) in [6.45, 7) is 1.87. The van der Waals surface area contributed by atoms with E-state index in [4.69, 9.17) is 5.73 Å². The summed E-state index contributed by atoms with van der Waals surface area (Å²) in [7, 11) is 1.87. The van der Waals surface area contributed by atoms with E-state index < -0.39 is 0 Å². The Hall–Kier alpha value is -1.56. The molecule has 0 fully saturated rings. The predicted octanol–water partition coefficient (Wildman–Crippen LogP) is 2.00. The lowest BCUT2D eigenvalue weighted by atomic mass is 10.3. The van der Waals surface area contributed by atoms with Gasteiger partial charge in [-0.15, -0.1) is 10.2 Å². The summed E-state index contributed by atoms with van der Waals surface area (Å²) in [6.07, 6.45) is 0. The molecule has 84 valence electrons. The standard InChI is InChI=1S/C10H11FN4S/c1-6-13-14-10(15(6)2)16-9-4-3-7(11)5-8(9)12/h3-5H,12H2,1-2H3. The van der Waals surface area contributed by atoms with Crippen LogP contribution in [0, 0.1) is 12.7 Å². The van der Waals surface area contributed by atoms with Gasteiger partial charge in [0.1, 0.15) is 11.6 Å². The average Bonchev–Trinajstić information content (AvgIpc) is 2.54. The molecule has 0 amide bonds. The molecule has 1 heterocycles. The number of rotatable bonds is 2. The van der Waals surface area contributed by atoms with E-state index in [1.54, 1.807) is 6.07 Å². The van der Waals surface area contributed by atoms with Gasteiger partial charge in [-0.1, -0.05) is 0 Å². The van der Waals surface area contributed by atoms with Gasteiger partial charge in [0.2, 0.25) is 0 Å². The minimum Gasteiger partial charge on any atom is -0.398 e. The Morgan fingerprint density at radius 1 is 1.38 bits per heavy atom. The molecule has 2 N–H and O–H groups in total. The Morgan fingerprint density at radius 3 is 2.69 bits per heavy atom. The Labute approximate surface area is 96.7 Å². The number of anilines is 1. The third-order valence-corrected chi connectivity index (χ3v) is 3.36. The van der Waals surface area contributed by atoms with Gasteiger partial charge in [0, 0.05) is 17.6 Å². The second-order valence-corrected chi connectivity index (χ2v) is 4.38. The summed E-state index contributed by atoms with van der Waals surface area (Å²) in [4.78, 5) is 0.775. The molecule has 0 aliphatic carbocycles. The van der Waals surface area contributed by atoms with E-state index in [1.165, 1.54) is 23.9 Å². The van der Waals surface area contributed by atoms with Crippen LogP contribution in [0.15, 0.2) is 28.3 Å².